The summed E-state index contributed by atoms with van der Waals surface area (Å²) in [5.41, 5.74) is 6.79. The Kier molecular flexibility index (Phi) is 5.27. The topological polar surface area (TPSA) is 90.1 Å². The van der Waals surface area contributed by atoms with Gasteiger partial charge in [-0.15, -0.1) is 0 Å². The number of hydrogen-bond donors (Lipinski definition) is 2. The van der Waals surface area contributed by atoms with E-state index in [2.05, 4.69) is 21.5 Å². The van der Waals surface area contributed by atoms with Crippen LogP contribution >= 0.6 is 11.6 Å². The molecule has 1 fully saturated rings. The van der Waals surface area contributed by atoms with Crippen LogP contribution < -0.4 is 11.1 Å². The van der Waals surface area contributed by atoms with Crippen LogP contribution in [-0.4, -0.2) is 35.6 Å². The molecule has 0 unspecified atom stereocenters. The van der Waals surface area contributed by atoms with Crippen molar-refractivity contribution in [2.24, 2.45) is 11.7 Å². The van der Waals surface area contributed by atoms with Crippen molar-refractivity contribution in [3.05, 3.63) is 41.2 Å². The zero-order chi connectivity index (χ0) is 16.9. The number of anilines is 1. The standard InChI is InChI=1S/C17H18ClN4O2/c18-14-10-20-6-3-12(14)16-13(17(19)23)1-2-15(22-16)21-9-11-4-7-24-8-5-11/h1-3,10-11H,4-5,7-9H2,(H2,19,23)(H,21,22). The number of halogens is 1. The van der Waals surface area contributed by atoms with Gasteiger partial charge in [-0.3, -0.25) is 9.78 Å². The Morgan fingerprint density at radius 3 is 2.92 bits per heavy atom. The van der Waals surface area contributed by atoms with Crippen LogP contribution in [0.2, 0.25) is 5.02 Å². The number of nitrogens with zero attached hydrogens (tertiary/aromatic N) is 2. The minimum absolute atomic E-state index is 0.313. The average molecular weight is 346 g/mol. The molecule has 2 aromatic heterocycles. The van der Waals surface area contributed by atoms with Gasteiger partial charge < -0.3 is 15.8 Å². The van der Waals surface area contributed by atoms with Gasteiger partial charge in [0, 0.05) is 31.5 Å². The summed E-state index contributed by atoms with van der Waals surface area (Å²) < 4.78 is 5.37. The van der Waals surface area contributed by atoms with Crippen molar-refractivity contribution in [1.82, 2.24) is 9.97 Å². The molecule has 1 amide bonds. The fourth-order valence-electron chi connectivity index (χ4n) is 2.68. The molecule has 6 nitrogen and oxygen atoms in total. The maximum atomic E-state index is 11.7. The zero-order valence-electron chi connectivity index (χ0n) is 13.1. The summed E-state index contributed by atoms with van der Waals surface area (Å²) in [6.45, 7) is 2.41. The van der Waals surface area contributed by atoms with Gasteiger partial charge in [0.1, 0.15) is 5.82 Å². The van der Waals surface area contributed by atoms with Gasteiger partial charge in [-0.2, -0.15) is 0 Å². The van der Waals surface area contributed by atoms with E-state index < -0.39 is 5.91 Å². The first-order chi connectivity index (χ1) is 11.6. The fourth-order valence-corrected chi connectivity index (χ4v) is 2.87. The van der Waals surface area contributed by atoms with Crippen molar-refractivity contribution in [3.63, 3.8) is 0 Å². The summed E-state index contributed by atoms with van der Waals surface area (Å²) in [5.74, 6) is 0.674. The van der Waals surface area contributed by atoms with E-state index >= 15 is 0 Å². The number of carbonyl (C=O) groups is 1. The summed E-state index contributed by atoms with van der Waals surface area (Å²) in [6.07, 6.45) is 6.24. The first-order valence-electron chi connectivity index (χ1n) is 7.79. The van der Waals surface area contributed by atoms with Gasteiger partial charge >= 0.3 is 0 Å². The maximum absolute atomic E-state index is 11.7. The molecule has 125 valence electrons. The predicted molar refractivity (Wildman–Crippen MR) is 91.9 cm³/mol. The number of amides is 1. The highest BCUT2D eigenvalue weighted by molar-refractivity contribution is 6.33. The summed E-state index contributed by atoms with van der Waals surface area (Å²) in [7, 11) is 0. The number of pyridine rings is 2. The molecule has 0 aliphatic carbocycles. The molecule has 3 heterocycles. The van der Waals surface area contributed by atoms with Crippen molar-refractivity contribution in [1.29, 1.82) is 0 Å². The zero-order valence-corrected chi connectivity index (χ0v) is 13.8. The fraction of sp³-hybridized carbons (Fsp3) is 0.353. The lowest BCUT2D eigenvalue weighted by atomic mass is 10.0. The third kappa shape index (κ3) is 3.83. The highest BCUT2D eigenvalue weighted by atomic mass is 35.5. The number of primary amides is 1. The first kappa shape index (κ1) is 16.7. The normalized spacial score (nSPS) is 15.2. The van der Waals surface area contributed by atoms with Crippen molar-refractivity contribution >= 4 is 23.3 Å². The van der Waals surface area contributed by atoms with E-state index in [1.165, 1.54) is 6.20 Å². The molecule has 0 saturated carbocycles. The molecule has 0 bridgehead atoms. The van der Waals surface area contributed by atoms with E-state index in [4.69, 9.17) is 22.1 Å². The van der Waals surface area contributed by atoms with Gasteiger partial charge in [0.2, 0.25) is 0 Å². The SMILES string of the molecule is NC(=O)c1ccc(NCC2CCOCC2)nc1-c1c[c]ncc1Cl. The van der Waals surface area contributed by atoms with Crippen LogP contribution in [0.15, 0.2) is 24.4 Å². The van der Waals surface area contributed by atoms with Gasteiger partial charge in [0.25, 0.3) is 5.91 Å². The first-order valence-corrected chi connectivity index (χ1v) is 8.17. The molecule has 24 heavy (non-hydrogen) atoms. The number of ether oxygens (including phenoxy) is 1. The van der Waals surface area contributed by atoms with Crippen molar-refractivity contribution < 1.29 is 9.53 Å². The third-order valence-electron chi connectivity index (χ3n) is 4.05. The molecule has 0 atom stereocenters. The Morgan fingerprint density at radius 2 is 2.21 bits per heavy atom. The smallest absolute Gasteiger partial charge is 0.250 e. The molecule has 0 spiro atoms. The lowest BCUT2D eigenvalue weighted by molar-refractivity contribution is 0.0699. The lowest BCUT2D eigenvalue weighted by Crippen LogP contribution is -2.23. The summed E-state index contributed by atoms with van der Waals surface area (Å²) >= 11 is 6.18. The lowest BCUT2D eigenvalue weighted by Gasteiger charge is -2.22. The Balaban J connectivity index is 1.85. The highest BCUT2D eigenvalue weighted by Gasteiger charge is 2.17. The molecule has 3 rings (SSSR count). The van der Waals surface area contributed by atoms with Crippen LogP contribution in [0.3, 0.4) is 0 Å². The average Bonchev–Trinajstić information content (AvgIpc) is 2.61. The second kappa shape index (κ2) is 7.59. The molecule has 3 N–H and O–H groups in total. The number of carbonyl (C=O) groups excluding carboxylic acids is 1. The predicted octanol–water partition coefficient (Wildman–Crippen LogP) is 2.53. The van der Waals surface area contributed by atoms with Gasteiger partial charge in [0.15, 0.2) is 0 Å². The molecule has 1 aliphatic rings. The van der Waals surface area contributed by atoms with E-state index in [-0.39, 0.29) is 0 Å². The van der Waals surface area contributed by atoms with E-state index in [0.717, 1.165) is 32.6 Å². The minimum Gasteiger partial charge on any atom is -0.381 e. The minimum atomic E-state index is -0.554. The van der Waals surface area contributed by atoms with Gasteiger partial charge in [-0.25, -0.2) is 4.98 Å². The number of nitrogens with two attached hydrogens (primary N) is 1. The Bertz CT molecular complexity index is 732. The molecule has 7 heteroatoms. The molecular weight excluding hydrogens is 328 g/mol. The van der Waals surface area contributed by atoms with E-state index in [0.29, 0.717) is 33.6 Å². The largest absolute Gasteiger partial charge is 0.381 e. The molecule has 2 aromatic rings. The van der Waals surface area contributed by atoms with Crippen LogP contribution in [0.1, 0.15) is 23.2 Å². The van der Waals surface area contributed by atoms with E-state index in [1.807, 2.05) is 0 Å². The highest BCUT2D eigenvalue weighted by Crippen LogP contribution is 2.29. The quantitative estimate of drug-likeness (QED) is 0.869. The maximum Gasteiger partial charge on any atom is 0.250 e. The van der Waals surface area contributed by atoms with Crippen LogP contribution in [-0.2, 0) is 4.74 Å². The summed E-state index contributed by atoms with van der Waals surface area (Å²) in [6, 6.07) is 5.01. The summed E-state index contributed by atoms with van der Waals surface area (Å²) in [4.78, 5) is 20.1. The molecule has 1 aliphatic heterocycles. The number of aromatic nitrogens is 2. The molecule has 0 aromatic carbocycles. The Morgan fingerprint density at radius 1 is 1.42 bits per heavy atom. The van der Waals surface area contributed by atoms with Crippen molar-refractivity contribution in [2.45, 2.75) is 12.8 Å². The van der Waals surface area contributed by atoms with Crippen LogP contribution in [0.25, 0.3) is 11.3 Å². The second-order valence-electron chi connectivity index (χ2n) is 5.69. The van der Waals surface area contributed by atoms with Crippen molar-refractivity contribution in [3.8, 4) is 11.3 Å². The van der Waals surface area contributed by atoms with Crippen LogP contribution in [0.5, 0.6) is 0 Å². The van der Waals surface area contributed by atoms with Crippen LogP contribution in [0.4, 0.5) is 5.82 Å². The summed E-state index contributed by atoms with van der Waals surface area (Å²) in [5, 5.41) is 3.72. The molecule has 1 radical (unpaired) electrons. The molecular formula is C17H18ClN4O2. The number of rotatable bonds is 5. The number of nitrogens with one attached hydrogen (secondary N) is 1. The van der Waals surface area contributed by atoms with Gasteiger partial charge in [-0.05, 0) is 37.0 Å². The van der Waals surface area contributed by atoms with Gasteiger partial charge in [-0.1, -0.05) is 11.6 Å². The van der Waals surface area contributed by atoms with Gasteiger partial charge in [0.05, 0.1) is 22.5 Å². The van der Waals surface area contributed by atoms with E-state index in [1.54, 1.807) is 18.2 Å². The van der Waals surface area contributed by atoms with Crippen molar-refractivity contribution in [2.75, 3.05) is 25.1 Å². The van der Waals surface area contributed by atoms with E-state index in [9.17, 15) is 4.79 Å². The Labute approximate surface area is 145 Å². The second-order valence-corrected chi connectivity index (χ2v) is 6.09. The number of hydrogen-bond acceptors (Lipinski definition) is 5. The molecule has 1 saturated heterocycles. The monoisotopic (exact) mass is 345 g/mol. The third-order valence-corrected chi connectivity index (χ3v) is 4.35. The Hall–Kier alpha value is -2.18. The van der Waals surface area contributed by atoms with Crippen LogP contribution in [0, 0.1) is 12.1 Å².